The lowest BCUT2D eigenvalue weighted by Crippen LogP contribution is -2.19. The maximum atomic E-state index is 8.82. The molecule has 0 amide bonds. The molecule has 0 unspecified atom stereocenters. The molecule has 0 saturated heterocycles. The van der Waals surface area contributed by atoms with Crippen LogP contribution in [0.25, 0.3) is 0 Å². The molecule has 0 radical (unpaired) electrons. The third-order valence-corrected chi connectivity index (χ3v) is 1.11. The van der Waals surface area contributed by atoms with Crippen LogP contribution in [-0.2, 0) is 0 Å². The largest absolute Gasteiger partial charge is 0.492 e. The lowest BCUT2D eigenvalue weighted by Gasteiger charge is -2.04. The molecule has 1 aromatic rings. The molecule has 1 heterocycles. The fourth-order valence-electron chi connectivity index (χ4n) is 0.679. The number of aromatic hydroxyl groups is 1. The number of rotatable bonds is 3. The van der Waals surface area contributed by atoms with Crippen LogP contribution in [0.2, 0.25) is 0 Å². The van der Waals surface area contributed by atoms with E-state index in [1.807, 2.05) is 0 Å². The van der Waals surface area contributed by atoms with Gasteiger partial charge in [-0.15, -0.1) is 0 Å². The third-order valence-electron chi connectivity index (χ3n) is 1.11. The minimum Gasteiger partial charge on any atom is -0.492 e. The maximum absolute atomic E-state index is 8.82. The summed E-state index contributed by atoms with van der Waals surface area (Å²) in [4.78, 5) is 3.52. The van der Waals surface area contributed by atoms with Crippen LogP contribution in [-0.4, -0.2) is 33.0 Å². The number of aliphatic hydroxyl groups excluding tert-OH is 1. The minimum absolute atomic E-state index is 0.00161. The van der Waals surface area contributed by atoms with Gasteiger partial charge in [0.05, 0.1) is 19.3 Å². The van der Waals surface area contributed by atoms with E-state index in [2.05, 4.69) is 10.4 Å². The first kappa shape index (κ1) is 7.67. The van der Waals surface area contributed by atoms with Crippen LogP contribution in [0, 0.1) is 0 Å². The molecule has 0 aliphatic carbocycles. The summed E-state index contributed by atoms with van der Waals surface area (Å²) in [5, 5.41) is 17.2. The quantitative estimate of drug-likeness (QED) is 0.438. The Morgan fingerprint density at radius 3 is 2.91 bits per heavy atom. The second kappa shape index (κ2) is 3.11. The van der Waals surface area contributed by atoms with E-state index in [-0.39, 0.29) is 18.4 Å². The Hall–Kier alpha value is -1.43. The molecule has 0 atom stereocenters. The first-order valence-electron chi connectivity index (χ1n) is 3.12. The molecule has 0 spiro atoms. The summed E-state index contributed by atoms with van der Waals surface area (Å²) in [6.07, 6.45) is 1.32. The van der Waals surface area contributed by atoms with Crippen molar-refractivity contribution in [2.24, 2.45) is 0 Å². The zero-order chi connectivity index (χ0) is 8.27. The summed E-state index contributed by atoms with van der Waals surface area (Å²) in [6, 6.07) is 0. The second-order valence-electron chi connectivity index (χ2n) is 1.96. The number of aromatic nitrogens is 2. The summed E-state index contributed by atoms with van der Waals surface area (Å²) in [5.41, 5.74) is 8.03. The van der Waals surface area contributed by atoms with Crippen molar-refractivity contribution in [2.75, 3.05) is 24.3 Å². The number of hydrogen-bond acceptors (Lipinski definition) is 5. The number of nitrogen functional groups attached to an aromatic ring is 1. The van der Waals surface area contributed by atoms with E-state index in [0.29, 0.717) is 6.54 Å². The highest BCUT2D eigenvalue weighted by Gasteiger charge is 2.00. The monoisotopic (exact) mass is 158 g/mol. The molecular formula is C5H10N4O2. The van der Waals surface area contributed by atoms with Crippen LogP contribution in [0.15, 0.2) is 6.20 Å². The average molecular weight is 158 g/mol. The van der Waals surface area contributed by atoms with E-state index in [9.17, 15) is 0 Å². The molecule has 0 aliphatic heterocycles. The summed E-state index contributed by atoms with van der Waals surface area (Å²) < 4.78 is 1.34. The van der Waals surface area contributed by atoms with Gasteiger partial charge in [0.15, 0.2) is 0 Å². The highest BCUT2D eigenvalue weighted by Crippen LogP contribution is 2.07. The minimum atomic E-state index is -0.145. The van der Waals surface area contributed by atoms with Gasteiger partial charge < -0.3 is 21.4 Å². The topological polar surface area (TPSA) is 96.3 Å². The van der Waals surface area contributed by atoms with E-state index in [0.717, 1.165) is 0 Å². The van der Waals surface area contributed by atoms with Crippen LogP contribution >= 0.6 is 0 Å². The van der Waals surface area contributed by atoms with Gasteiger partial charge in [0, 0.05) is 0 Å². The van der Waals surface area contributed by atoms with Gasteiger partial charge >= 0.3 is 0 Å². The highest BCUT2D eigenvalue weighted by atomic mass is 16.3. The second-order valence-corrected chi connectivity index (χ2v) is 1.96. The van der Waals surface area contributed by atoms with Crippen molar-refractivity contribution in [3.8, 4) is 5.88 Å². The molecule has 0 saturated carbocycles. The molecule has 6 nitrogen and oxygen atoms in total. The van der Waals surface area contributed by atoms with Crippen molar-refractivity contribution in [1.29, 1.82) is 0 Å². The van der Waals surface area contributed by atoms with Crippen molar-refractivity contribution in [3.63, 3.8) is 0 Å². The first-order chi connectivity index (χ1) is 5.24. The van der Waals surface area contributed by atoms with Crippen molar-refractivity contribution < 1.29 is 10.2 Å². The molecule has 11 heavy (non-hydrogen) atoms. The molecular weight excluding hydrogens is 148 g/mol. The summed E-state index contributed by atoms with van der Waals surface area (Å²) in [7, 11) is 0. The first-order valence-corrected chi connectivity index (χ1v) is 3.12. The zero-order valence-electron chi connectivity index (χ0n) is 5.86. The number of anilines is 1. The lowest BCUT2D eigenvalue weighted by atomic mass is 10.7. The van der Waals surface area contributed by atoms with Crippen LogP contribution in [0.4, 0.5) is 5.95 Å². The van der Waals surface area contributed by atoms with Crippen molar-refractivity contribution in [2.45, 2.75) is 0 Å². The predicted octanol–water partition coefficient (Wildman–Crippen LogP) is -1.29. The number of nitrogens with two attached hydrogens (primary N) is 1. The van der Waals surface area contributed by atoms with Gasteiger partial charge in [-0.25, -0.2) is 4.68 Å². The number of nitrogens with one attached hydrogen (secondary N) is 1. The maximum Gasteiger partial charge on any atom is 0.233 e. The summed E-state index contributed by atoms with van der Waals surface area (Å²) >= 11 is 0. The predicted molar refractivity (Wildman–Crippen MR) is 39.6 cm³/mol. The van der Waals surface area contributed by atoms with Crippen molar-refractivity contribution in [1.82, 2.24) is 9.66 Å². The fourth-order valence-corrected chi connectivity index (χ4v) is 0.679. The molecule has 5 N–H and O–H groups in total. The Morgan fingerprint density at radius 1 is 1.73 bits per heavy atom. The van der Waals surface area contributed by atoms with Crippen molar-refractivity contribution in [3.05, 3.63) is 6.20 Å². The highest BCUT2D eigenvalue weighted by molar-refractivity contribution is 5.25. The van der Waals surface area contributed by atoms with Crippen molar-refractivity contribution >= 4 is 5.95 Å². The van der Waals surface area contributed by atoms with Crippen LogP contribution in [0.3, 0.4) is 0 Å². The molecule has 0 fully saturated rings. The van der Waals surface area contributed by atoms with Gasteiger partial charge in [0.25, 0.3) is 0 Å². The van der Waals surface area contributed by atoms with E-state index in [1.165, 1.54) is 10.9 Å². The van der Waals surface area contributed by atoms with Gasteiger partial charge in [0.2, 0.25) is 11.8 Å². The van der Waals surface area contributed by atoms with Gasteiger partial charge in [0.1, 0.15) is 0 Å². The van der Waals surface area contributed by atoms with Gasteiger partial charge in [-0.1, -0.05) is 0 Å². The SMILES string of the molecule is Nc1nc(O)cn1NCCO. The Kier molecular flexibility index (Phi) is 2.17. The lowest BCUT2D eigenvalue weighted by molar-refractivity contribution is 0.307. The van der Waals surface area contributed by atoms with Crippen LogP contribution < -0.4 is 11.2 Å². The average Bonchev–Trinajstić information content (AvgIpc) is 2.26. The van der Waals surface area contributed by atoms with E-state index >= 15 is 0 Å². The summed E-state index contributed by atoms with van der Waals surface area (Å²) in [5.74, 6) is 0.0175. The Labute approximate surface area is 63.2 Å². The molecule has 1 rings (SSSR count). The van der Waals surface area contributed by atoms with E-state index in [1.54, 1.807) is 0 Å². The zero-order valence-corrected chi connectivity index (χ0v) is 5.86. The molecule has 6 heteroatoms. The van der Waals surface area contributed by atoms with Gasteiger partial charge in [-0.05, 0) is 0 Å². The van der Waals surface area contributed by atoms with Gasteiger partial charge in [-0.2, -0.15) is 4.98 Å². The van der Waals surface area contributed by atoms with E-state index < -0.39 is 0 Å². The fraction of sp³-hybridized carbons (Fsp3) is 0.400. The summed E-state index contributed by atoms with van der Waals surface area (Å²) in [6.45, 7) is 0.360. The number of nitrogens with zero attached hydrogens (tertiary/aromatic N) is 2. The standard InChI is InChI=1S/C5H10N4O2/c6-5-8-4(11)3-9(5)7-1-2-10/h3,7,10-11H,1-2H2,(H2,6,8). The molecule has 1 aromatic heterocycles. The van der Waals surface area contributed by atoms with E-state index in [4.69, 9.17) is 15.9 Å². The Balaban J connectivity index is 2.62. The molecule has 0 aliphatic rings. The number of hydrogen-bond donors (Lipinski definition) is 4. The Bertz CT molecular complexity index is 234. The normalized spacial score (nSPS) is 9.91. The Morgan fingerprint density at radius 2 is 2.45 bits per heavy atom. The number of aliphatic hydroxyl groups is 1. The molecule has 62 valence electrons. The van der Waals surface area contributed by atoms with Crippen LogP contribution in [0.1, 0.15) is 0 Å². The number of imidazole rings is 1. The van der Waals surface area contributed by atoms with Crippen LogP contribution in [0.5, 0.6) is 5.88 Å². The molecule has 0 aromatic carbocycles. The molecule has 0 bridgehead atoms. The third kappa shape index (κ3) is 1.74. The van der Waals surface area contributed by atoms with Gasteiger partial charge in [-0.3, -0.25) is 0 Å². The smallest absolute Gasteiger partial charge is 0.233 e.